The van der Waals surface area contributed by atoms with Gasteiger partial charge in [0.1, 0.15) is 0 Å². The fourth-order valence-corrected chi connectivity index (χ4v) is 2.81. The zero-order valence-electron chi connectivity index (χ0n) is 11.6. The lowest BCUT2D eigenvalue weighted by molar-refractivity contribution is 0.0154. The Hall–Kier alpha value is -0.770. The number of amides is 1. The number of carbonyl (C=O) groups is 1. The highest BCUT2D eigenvalue weighted by atomic mass is 35.5. The molecule has 1 aliphatic heterocycles. The maximum absolute atomic E-state index is 12.4. The number of likely N-dealkylation sites (tertiary alicyclic amines) is 1. The van der Waals surface area contributed by atoms with E-state index in [1.54, 1.807) is 6.07 Å². The van der Waals surface area contributed by atoms with Crippen LogP contribution < -0.4 is 0 Å². The molecule has 5 heteroatoms. The number of aryl methyl sites for hydroxylation is 1. The van der Waals surface area contributed by atoms with Crippen molar-refractivity contribution in [2.75, 3.05) is 25.6 Å². The van der Waals surface area contributed by atoms with E-state index < -0.39 is 0 Å². The Bertz CT molecular complexity index is 471. The number of carbonyl (C=O) groups excluding carboxylic acids is 1. The largest absolute Gasteiger partial charge is 0.377 e. The summed E-state index contributed by atoms with van der Waals surface area (Å²) in [7, 11) is 0. The summed E-state index contributed by atoms with van der Waals surface area (Å²) in [5.41, 5.74) is 1.64. The van der Waals surface area contributed by atoms with Crippen LogP contribution in [-0.2, 0) is 4.74 Å². The second kappa shape index (κ2) is 7.30. The highest BCUT2D eigenvalue weighted by Gasteiger charge is 2.25. The van der Waals surface area contributed by atoms with Gasteiger partial charge in [0.2, 0.25) is 0 Å². The Labute approximate surface area is 129 Å². The van der Waals surface area contributed by atoms with E-state index in [9.17, 15) is 4.79 Å². The molecule has 0 radical (unpaired) electrons. The van der Waals surface area contributed by atoms with Crippen LogP contribution in [0.25, 0.3) is 0 Å². The number of nitrogens with zero attached hydrogens (tertiary/aromatic N) is 1. The van der Waals surface area contributed by atoms with Gasteiger partial charge in [0, 0.05) is 19.0 Å². The fourth-order valence-electron chi connectivity index (χ4n) is 2.40. The predicted octanol–water partition coefficient (Wildman–Crippen LogP) is 3.51. The van der Waals surface area contributed by atoms with Crippen LogP contribution in [0.1, 0.15) is 28.8 Å². The molecule has 0 unspecified atom stereocenters. The Morgan fingerprint density at radius 1 is 1.40 bits per heavy atom. The number of hydrogen-bond acceptors (Lipinski definition) is 2. The van der Waals surface area contributed by atoms with Gasteiger partial charge in [0.25, 0.3) is 5.91 Å². The van der Waals surface area contributed by atoms with Crippen molar-refractivity contribution in [3.63, 3.8) is 0 Å². The maximum Gasteiger partial charge on any atom is 0.255 e. The number of rotatable bonds is 4. The molecule has 1 fully saturated rings. The van der Waals surface area contributed by atoms with E-state index >= 15 is 0 Å². The third-order valence-corrected chi connectivity index (χ3v) is 3.98. The Morgan fingerprint density at radius 3 is 2.70 bits per heavy atom. The van der Waals surface area contributed by atoms with Crippen LogP contribution in [0, 0.1) is 6.92 Å². The molecule has 0 bridgehead atoms. The summed E-state index contributed by atoms with van der Waals surface area (Å²) in [6.45, 7) is 3.94. The van der Waals surface area contributed by atoms with Gasteiger partial charge < -0.3 is 9.64 Å². The standard InChI is InChI=1S/C15H19Cl2NO2/c1-11-2-3-13(14(17)10-11)15(19)18-7-4-12(5-8-18)20-9-6-16/h2-3,10,12H,4-9H2,1H3. The summed E-state index contributed by atoms with van der Waals surface area (Å²) < 4.78 is 5.61. The minimum Gasteiger partial charge on any atom is -0.377 e. The molecule has 110 valence electrons. The lowest BCUT2D eigenvalue weighted by Gasteiger charge is -2.32. The topological polar surface area (TPSA) is 29.5 Å². The summed E-state index contributed by atoms with van der Waals surface area (Å²) in [5, 5.41) is 0.524. The van der Waals surface area contributed by atoms with Gasteiger partial charge in [-0.25, -0.2) is 0 Å². The monoisotopic (exact) mass is 315 g/mol. The van der Waals surface area contributed by atoms with Crippen molar-refractivity contribution in [2.45, 2.75) is 25.9 Å². The molecule has 0 atom stereocenters. The van der Waals surface area contributed by atoms with Gasteiger partial charge in [0.05, 0.1) is 23.3 Å². The van der Waals surface area contributed by atoms with Gasteiger partial charge in [-0.05, 0) is 37.5 Å². The van der Waals surface area contributed by atoms with Gasteiger partial charge in [-0.1, -0.05) is 17.7 Å². The van der Waals surface area contributed by atoms with Crippen LogP contribution in [0.2, 0.25) is 5.02 Å². The molecule has 0 aliphatic carbocycles. The van der Waals surface area contributed by atoms with Crippen LogP contribution in [0.3, 0.4) is 0 Å². The average Bonchev–Trinajstić information content (AvgIpc) is 2.45. The van der Waals surface area contributed by atoms with Crippen molar-refractivity contribution in [1.29, 1.82) is 0 Å². The van der Waals surface area contributed by atoms with Crippen LogP contribution in [0.5, 0.6) is 0 Å². The van der Waals surface area contributed by atoms with Crippen molar-refractivity contribution in [2.24, 2.45) is 0 Å². The Balaban J connectivity index is 1.94. The molecular weight excluding hydrogens is 297 g/mol. The smallest absolute Gasteiger partial charge is 0.255 e. The first-order chi connectivity index (χ1) is 9.61. The molecule has 1 amide bonds. The number of benzene rings is 1. The van der Waals surface area contributed by atoms with E-state index in [-0.39, 0.29) is 12.0 Å². The SMILES string of the molecule is Cc1ccc(C(=O)N2CCC(OCCCl)CC2)c(Cl)c1. The van der Waals surface area contributed by atoms with Crippen LogP contribution in [0.4, 0.5) is 0 Å². The van der Waals surface area contributed by atoms with Crippen molar-refractivity contribution in [3.05, 3.63) is 34.3 Å². The van der Waals surface area contributed by atoms with Gasteiger partial charge in [-0.3, -0.25) is 4.79 Å². The summed E-state index contributed by atoms with van der Waals surface area (Å²) in [5.74, 6) is 0.517. The van der Waals surface area contributed by atoms with Gasteiger partial charge >= 0.3 is 0 Å². The van der Waals surface area contributed by atoms with Crippen LogP contribution >= 0.6 is 23.2 Å². The Kier molecular flexibility index (Phi) is 5.70. The first-order valence-corrected chi connectivity index (χ1v) is 7.76. The van der Waals surface area contributed by atoms with E-state index in [4.69, 9.17) is 27.9 Å². The highest BCUT2D eigenvalue weighted by Crippen LogP contribution is 2.22. The Morgan fingerprint density at radius 2 is 2.10 bits per heavy atom. The molecule has 1 aliphatic rings. The van der Waals surface area contributed by atoms with Gasteiger partial charge in [-0.2, -0.15) is 0 Å². The van der Waals surface area contributed by atoms with Gasteiger partial charge in [0.15, 0.2) is 0 Å². The molecule has 1 heterocycles. The summed E-state index contributed by atoms with van der Waals surface area (Å²) in [6.07, 6.45) is 1.92. The molecule has 0 spiro atoms. The normalized spacial score (nSPS) is 16.4. The molecule has 0 aromatic heterocycles. The van der Waals surface area contributed by atoms with Crippen molar-refractivity contribution in [3.8, 4) is 0 Å². The molecule has 1 aromatic carbocycles. The predicted molar refractivity (Wildman–Crippen MR) is 81.8 cm³/mol. The van der Waals surface area contributed by atoms with E-state index in [0.717, 1.165) is 18.4 Å². The van der Waals surface area contributed by atoms with E-state index in [1.165, 1.54) is 0 Å². The summed E-state index contributed by atoms with van der Waals surface area (Å²) >= 11 is 11.8. The molecule has 1 saturated heterocycles. The molecule has 0 N–H and O–H groups in total. The maximum atomic E-state index is 12.4. The molecule has 20 heavy (non-hydrogen) atoms. The number of halogens is 2. The van der Waals surface area contributed by atoms with Crippen molar-refractivity contribution >= 4 is 29.1 Å². The zero-order valence-corrected chi connectivity index (χ0v) is 13.1. The number of piperidine rings is 1. The number of alkyl halides is 1. The third kappa shape index (κ3) is 3.87. The highest BCUT2D eigenvalue weighted by molar-refractivity contribution is 6.33. The number of hydrogen-bond donors (Lipinski definition) is 0. The second-order valence-electron chi connectivity index (χ2n) is 5.03. The molecular formula is C15H19Cl2NO2. The molecule has 2 rings (SSSR count). The zero-order chi connectivity index (χ0) is 14.5. The minimum atomic E-state index is 0.00536. The first-order valence-electron chi connectivity index (χ1n) is 6.85. The van der Waals surface area contributed by atoms with Crippen LogP contribution in [0.15, 0.2) is 18.2 Å². The molecule has 0 saturated carbocycles. The lowest BCUT2D eigenvalue weighted by atomic mass is 10.1. The van der Waals surface area contributed by atoms with Crippen molar-refractivity contribution in [1.82, 2.24) is 4.90 Å². The summed E-state index contributed by atoms with van der Waals surface area (Å²) in [4.78, 5) is 14.3. The molecule has 1 aromatic rings. The summed E-state index contributed by atoms with van der Waals surface area (Å²) in [6, 6.07) is 5.54. The lowest BCUT2D eigenvalue weighted by Crippen LogP contribution is -2.41. The minimum absolute atomic E-state index is 0.00536. The van der Waals surface area contributed by atoms with E-state index in [1.807, 2.05) is 24.0 Å². The average molecular weight is 316 g/mol. The van der Waals surface area contributed by atoms with E-state index in [0.29, 0.717) is 36.2 Å². The second-order valence-corrected chi connectivity index (χ2v) is 5.82. The number of ether oxygens (including phenoxy) is 1. The fraction of sp³-hybridized carbons (Fsp3) is 0.533. The van der Waals surface area contributed by atoms with E-state index in [2.05, 4.69) is 0 Å². The quantitative estimate of drug-likeness (QED) is 0.796. The van der Waals surface area contributed by atoms with Gasteiger partial charge in [-0.15, -0.1) is 11.6 Å². The third-order valence-electron chi connectivity index (χ3n) is 3.51. The van der Waals surface area contributed by atoms with Crippen molar-refractivity contribution < 1.29 is 9.53 Å². The molecule has 3 nitrogen and oxygen atoms in total. The van der Waals surface area contributed by atoms with Crippen LogP contribution in [-0.4, -0.2) is 42.5 Å². The first kappa shape index (κ1) is 15.6.